The monoisotopic (exact) mass is 468 g/mol. The highest BCUT2D eigenvalue weighted by atomic mass is 32.2. The van der Waals surface area contributed by atoms with Gasteiger partial charge in [0.25, 0.3) is 11.8 Å². The van der Waals surface area contributed by atoms with Gasteiger partial charge in [0.15, 0.2) is 5.69 Å². The maximum absolute atomic E-state index is 13.2. The summed E-state index contributed by atoms with van der Waals surface area (Å²) in [7, 11) is -2.49. The lowest BCUT2D eigenvalue weighted by molar-refractivity contribution is -0.140. The third-order valence-electron chi connectivity index (χ3n) is 5.33. The minimum atomic E-state index is -3.83. The van der Waals surface area contributed by atoms with Crippen LogP contribution in [0.1, 0.15) is 22.6 Å². The van der Waals surface area contributed by atoms with Crippen molar-refractivity contribution in [1.29, 1.82) is 0 Å². The Morgan fingerprint density at radius 2 is 1.55 bits per heavy atom. The average molecular weight is 469 g/mol. The van der Waals surface area contributed by atoms with Crippen molar-refractivity contribution < 1.29 is 18.0 Å². The molecule has 4 rings (SSSR count). The predicted octanol–water partition coefficient (Wildman–Crippen LogP) is 1.49. The summed E-state index contributed by atoms with van der Waals surface area (Å²) in [4.78, 5) is 27.7. The molecule has 172 valence electrons. The van der Waals surface area contributed by atoms with E-state index in [4.69, 9.17) is 0 Å². The molecule has 1 aliphatic heterocycles. The standard InChI is InChI=1S/C22H24N6O4S/c1-17-21(24-28(23-17)18-10-5-3-6-11-18)22(30)27-15-9-14-26(27)20(29)16-25(2)33(31,32)19-12-7-4-8-13-19/h3-8,10-13H,9,14-16H2,1-2H3. The lowest BCUT2D eigenvalue weighted by atomic mass is 10.3. The van der Waals surface area contributed by atoms with Crippen LogP contribution in [0.2, 0.25) is 0 Å². The molecule has 0 radical (unpaired) electrons. The molecule has 1 fully saturated rings. The highest BCUT2D eigenvalue weighted by Gasteiger charge is 2.35. The number of hydrogen-bond acceptors (Lipinski definition) is 6. The summed E-state index contributed by atoms with van der Waals surface area (Å²) >= 11 is 0. The number of para-hydroxylation sites is 1. The second-order valence-corrected chi connectivity index (χ2v) is 9.68. The summed E-state index contributed by atoms with van der Waals surface area (Å²) in [5, 5.41) is 11.3. The molecule has 1 aliphatic rings. The minimum absolute atomic E-state index is 0.0998. The Morgan fingerprint density at radius 3 is 2.21 bits per heavy atom. The van der Waals surface area contributed by atoms with Crippen LogP contribution in [0.15, 0.2) is 65.6 Å². The van der Waals surface area contributed by atoms with Crippen LogP contribution in [-0.2, 0) is 14.8 Å². The molecule has 1 saturated heterocycles. The number of amides is 2. The number of likely N-dealkylation sites (N-methyl/N-ethyl adjacent to an activating group) is 1. The highest BCUT2D eigenvalue weighted by molar-refractivity contribution is 7.89. The first-order valence-electron chi connectivity index (χ1n) is 10.4. The smallest absolute Gasteiger partial charge is 0.271 e. The van der Waals surface area contributed by atoms with E-state index in [0.717, 1.165) is 4.31 Å². The number of aromatic nitrogens is 3. The lowest BCUT2D eigenvalue weighted by Gasteiger charge is -2.29. The zero-order valence-corrected chi connectivity index (χ0v) is 19.1. The van der Waals surface area contributed by atoms with E-state index in [1.807, 2.05) is 30.3 Å². The van der Waals surface area contributed by atoms with E-state index in [1.165, 1.54) is 34.0 Å². The molecule has 10 nitrogen and oxygen atoms in total. The molecule has 0 atom stereocenters. The summed E-state index contributed by atoms with van der Waals surface area (Å²) in [5.74, 6) is -0.940. The largest absolute Gasteiger partial charge is 0.294 e. The maximum atomic E-state index is 13.2. The van der Waals surface area contributed by atoms with Gasteiger partial charge in [-0.25, -0.2) is 18.4 Å². The van der Waals surface area contributed by atoms with Gasteiger partial charge in [-0.3, -0.25) is 9.59 Å². The number of benzene rings is 2. The Morgan fingerprint density at radius 1 is 0.939 bits per heavy atom. The number of hydrazine groups is 1. The lowest BCUT2D eigenvalue weighted by Crippen LogP contribution is -2.49. The van der Waals surface area contributed by atoms with Crippen LogP contribution in [-0.4, -0.2) is 76.2 Å². The first-order chi connectivity index (χ1) is 15.8. The Balaban J connectivity index is 1.50. The topological polar surface area (TPSA) is 109 Å². The van der Waals surface area contributed by atoms with E-state index in [9.17, 15) is 18.0 Å². The molecule has 33 heavy (non-hydrogen) atoms. The Bertz CT molecular complexity index is 1260. The number of carbonyl (C=O) groups excluding carboxylic acids is 2. The van der Waals surface area contributed by atoms with Gasteiger partial charge in [-0.05, 0) is 37.6 Å². The molecule has 2 amide bonds. The van der Waals surface area contributed by atoms with Gasteiger partial charge in [-0.1, -0.05) is 36.4 Å². The third kappa shape index (κ3) is 4.50. The summed E-state index contributed by atoms with van der Waals surface area (Å²) < 4.78 is 26.5. The molecule has 0 N–H and O–H groups in total. The number of nitrogens with zero attached hydrogens (tertiary/aromatic N) is 6. The molecule has 0 saturated carbocycles. The van der Waals surface area contributed by atoms with E-state index >= 15 is 0 Å². The van der Waals surface area contributed by atoms with Crippen molar-refractivity contribution in [2.75, 3.05) is 26.7 Å². The molecule has 2 aromatic carbocycles. The molecular weight excluding hydrogens is 444 g/mol. The van der Waals surface area contributed by atoms with Crippen molar-refractivity contribution in [2.24, 2.45) is 0 Å². The van der Waals surface area contributed by atoms with Crippen LogP contribution < -0.4 is 0 Å². The van der Waals surface area contributed by atoms with Crippen LogP contribution in [0, 0.1) is 6.92 Å². The fourth-order valence-corrected chi connectivity index (χ4v) is 4.73. The van der Waals surface area contributed by atoms with Crippen LogP contribution in [0.4, 0.5) is 0 Å². The number of carbonyl (C=O) groups is 2. The minimum Gasteiger partial charge on any atom is -0.271 e. The SMILES string of the molecule is Cc1nn(-c2ccccc2)nc1C(=O)N1CCCN1C(=O)CN(C)S(=O)(=O)c1ccccc1. The van der Waals surface area contributed by atoms with Crippen molar-refractivity contribution in [3.63, 3.8) is 0 Å². The van der Waals surface area contributed by atoms with Crippen molar-refractivity contribution in [3.8, 4) is 5.69 Å². The molecule has 0 aliphatic carbocycles. The second kappa shape index (κ2) is 9.12. The highest BCUT2D eigenvalue weighted by Crippen LogP contribution is 2.19. The van der Waals surface area contributed by atoms with E-state index in [2.05, 4.69) is 10.2 Å². The molecule has 11 heteroatoms. The number of hydrogen-bond donors (Lipinski definition) is 0. The maximum Gasteiger partial charge on any atom is 0.294 e. The molecule has 1 aromatic heterocycles. The van der Waals surface area contributed by atoms with E-state index in [-0.39, 0.29) is 10.6 Å². The first kappa shape index (κ1) is 22.6. The normalized spacial score (nSPS) is 14.2. The van der Waals surface area contributed by atoms with Crippen LogP contribution in [0.25, 0.3) is 5.69 Å². The number of rotatable bonds is 6. The molecule has 2 heterocycles. The fourth-order valence-electron chi connectivity index (χ4n) is 3.59. The van der Waals surface area contributed by atoms with Gasteiger partial charge in [0, 0.05) is 20.1 Å². The summed E-state index contributed by atoms with van der Waals surface area (Å²) in [5.41, 5.74) is 1.29. The third-order valence-corrected chi connectivity index (χ3v) is 7.15. The second-order valence-electron chi connectivity index (χ2n) is 7.63. The van der Waals surface area contributed by atoms with Crippen molar-refractivity contribution in [1.82, 2.24) is 29.3 Å². The number of aryl methyl sites for hydroxylation is 1. The van der Waals surface area contributed by atoms with Crippen LogP contribution >= 0.6 is 0 Å². The molecule has 0 unspecified atom stereocenters. The first-order valence-corrected chi connectivity index (χ1v) is 11.9. The molecule has 0 bridgehead atoms. The Labute approximate surface area is 192 Å². The Hall–Kier alpha value is -3.57. The van der Waals surface area contributed by atoms with Gasteiger partial charge in [-0.15, -0.1) is 5.10 Å². The zero-order chi connectivity index (χ0) is 23.6. The van der Waals surface area contributed by atoms with E-state index in [1.54, 1.807) is 25.1 Å². The van der Waals surface area contributed by atoms with Gasteiger partial charge in [-0.2, -0.15) is 14.2 Å². The van der Waals surface area contributed by atoms with Crippen molar-refractivity contribution in [2.45, 2.75) is 18.2 Å². The summed E-state index contributed by atoms with van der Waals surface area (Å²) in [6.07, 6.45) is 0.582. The van der Waals surface area contributed by atoms with Gasteiger partial charge >= 0.3 is 0 Å². The van der Waals surface area contributed by atoms with E-state index < -0.39 is 28.4 Å². The zero-order valence-electron chi connectivity index (χ0n) is 18.3. The van der Waals surface area contributed by atoms with Gasteiger partial charge in [0.05, 0.1) is 22.8 Å². The molecule has 3 aromatic rings. The van der Waals surface area contributed by atoms with E-state index in [0.29, 0.717) is 30.9 Å². The summed E-state index contributed by atoms with van der Waals surface area (Å²) in [6, 6.07) is 17.1. The van der Waals surface area contributed by atoms with Gasteiger partial charge in [0.2, 0.25) is 10.0 Å². The quantitative estimate of drug-likeness (QED) is 0.542. The molecular formula is C22H24N6O4S. The number of sulfonamides is 1. The van der Waals surface area contributed by atoms with Crippen LogP contribution in [0.5, 0.6) is 0 Å². The van der Waals surface area contributed by atoms with Gasteiger partial charge < -0.3 is 0 Å². The molecule has 0 spiro atoms. The predicted molar refractivity (Wildman–Crippen MR) is 120 cm³/mol. The average Bonchev–Trinajstić information content (AvgIpc) is 3.47. The summed E-state index contributed by atoms with van der Waals surface area (Å²) in [6.45, 7) is 1.94. The fraction of sp³-hybridized carbons (Fsp3) is 0.273. The van der Waals surface area contributed by atoms with Gasteiger partial charge in [0.1, 0.15) is 0 Å². The van der Waals surface area contributed by atoms with Crippen LogP contribution in [0.3, 0.4) is 0 Å². The van der Waals surface area contributed by atoms with Crippen molar-refractivity contribution >= 4 is 21.8 Å². The van der Waals surface area contributed by atoms with Crippen molar-refractivity contribution in [3.05, 3.63) is 72.1 Å². The Kier molecular flexibility index (Phi) is 6.25.